The van der Waals surface area contributed by atoms with Gasteiger partial charge in [-0.3, -0.25) is 9.69 Å². The molecule has 94 valence electrons. The molecule has 1 N–H and O–H groups in total. The van der Waals surface area contributed by atoms with Crippen LogP contribution in [-0.4, -0.2) is 29.1 Å². The Morgan fingerprint density at radius 1 is 1.47 bits per heavy atom. The Morgan fingerprint density at radius 2 is 2.18 bits per heavy atom. The molecule has 1 aromatic heterocycles. The van der Waals surface area contributed by atoms with Crippen LogP contribution in [0.2, 0.25) is 0 Å². The van der Waals surface area contributed by atoms with Crippen molar-refractivity contribution in [3.8, 4) is 0 Å². The topological polar surface area (TPSA) is 53.7 Å². The number of furan rings is 1. The number of rotatable bonds is 4. The molecule has 0 amide bonds. The number of likely N-dealkylation sites (tertiary alicyclic amines) is 1. The zero-order chi connectivity index (χ0) is 12.3. The fraction of sp³-hybridized carbons (Fsp3) is 0.615. The summed E-state index contributed by atoms with van der Waals surface area (Å²) >= 11 is 0. The highest BCUT2D eigenvalue weighted by Gasteiger charge is 2.21. The molecule has 4 heteroatoms. The van der Waals surface area contributed by atoms with Gasteiger partial charge < -0.3 is 9.52 Å². The van der Waals surface area contributed by atoms with Crippen LogP contribution in [-0.2, 0) is 11.3 Å². The smallest absolute Gasteiger partial charge is 0.303 e. The summed E-state index contributed by atoms with van der Waals surface area (Å²) in [4.78, 5) is 12.9. The molecule has 0 spiro atoms. The van der Waals surface area contributed by atoms with Gasteiger partial charge in [0, 0.05) is 6.42 Å². The van der Waals surface area contributed by atoms with Crippen LogP contribution in [0.15, 0.2) is 16.5 Å². The molecule has 0 aromatic carbocycles. The molecule has 0 unspecified atom stereocenters. The zero-order valence-electron chi connectivity index (χ0n) is 10.2. The predicted molar refractivity (Wildman–Crippen MR) is 63.7 cm³/mol. The van der Waals surface area contributed by atoms with Crippen molar-refractivity contribution in [1.29, 1.82) is 0 Å². The summed E-state index contributed by atoms with van der Waals surface area (Å²) in [6.45, 7) is 4.73. The lowest BCUT2D eigenvalue weighted by Crippen LogP contribution is -2.33. The Morgan fingerprint density at radius 3 is 2.71 bits per heavy atom. The minimum absolute atomic E-state index is 0.313. The minimum atomic E-state index is -0.676. The molecule has 1 fully saturated rings. The van der Waals surface area contributed by atoms with Gasteiger partial charge in [-0.25, -0.2) is 0 Å². The number of hydrogen-bond acceptors (Lipinski definition) is 3. The Bertz CT molecular complexity index is 378. The Hall–Kier alpha value is -1.29. The Labute approximate surface area is 101 Å². The molecule has 1 aliphatic rings. The highest BCUT2D eigenvalue weighted by molar-refractivity contribution is 5.67. The third kappa shape index (κ3) is 3.60. The van der Waals surface area contributed by atoms with E-state index in [1.165, 1.54) is 0 Å². The molecule has 1 aromatic rings. The van der Waals surface area contributed by atoms with Crippen molar-refractivity contribution in [3.63, 3.8) is 0 Å². The molecular formula is C13H19NO3. The quantitative estimate of drug-likeness (QED) is 0.872. The SMILES string of the molecule is Cc1ccc(CN2CCC(CC(=O)O)CC2)o1. The number of aryl methyl sites for hydroxylation is 1. The van der Waals surface area contributed by atoms with Crippen molar-refractivity contribution >= 4 is 5.97 Å². The molecular weight excluding hydrogens is 218 g/mol. The van der Waals surface area contributed by atoms with E-state index in [0.29, 0.717) is 12.3 Å². The standard InChI is InChI=1S/C13H19NO3/c1-10-2-3-12(17-10)9-14-6-4-11(5-7-14)8-13(15)16/h2-3,11H,4-9H2,1H3,(H,15,16). The van der Waals surface area contributed by atoms with E-state index < -0.39 is 5.97 Å². The van der Waals surface area contributed by atoms with Crippen molar-refractivity contribution in [3.05, 3.63) is 23.7 Å². The average molecular weight is 237 g/mol. The highest BCUT2D eigenvalue weighted by atomic mass is 16.4. The van der Waals surface area contributed by atoms with Crippen molar-refractivity contribution in [1.82, 2.24) is 4.90 Å². The van der Waals surface area contributed by atoms with Crippen LogP contribution in [0.25, 0.3) is 0 Å². The summed E-state index contributed by atoms with van der Waals surface area (Å²) in [6.07, 6.45) is 2.27. The van der Waals surface area contributed by atoms with E-state index in [9.17, 15) is 4.79 Å². The van der Waals surface area contributed by atoms with Gasteiger partial charge in [-0.2, -0.15) is 0 Å². The van der Waals surface area contributed by atoms with Crippen LogP contribution in [0.3, 0.4) is 0 Å². The highest BCUT2D eigenvalue weighted by Crippen LogP contribution is 2.22. The lowest BCUT2D eigenvalue weighted by molar-refractivity contribution is -0.138. The summed E-state index contributed by atoms with van der Waals surface area (Å²) in [5.41, 5.74) is 0. The second kappa shape index (κ2) is 5.36. The van der Waals surface area contributed by atoms with Crippen LogP contribution in [0.5, 0.6) is 0 Å². The molecule has 4 nitrogen and oxygen atoms in total. The van der Waals surface area contributed by atoms with Gasteiger partial charge >= 0.3 is 5.97 Å². The van der Waals surface area contributed by atoms with Gasteiger partial charge in [-0.15, -0.1) is 0 Å². The third-order valence-electron chi connectivity index (χ3n) is 3.35. The number of aliphatic carboxylic acids is 1. The molecule has 2 rings (SSSR count). The summed E-state index contributed by atoms with van der Waals surface area (Å²) < 4.78 is 5.54. The van der Waals surface area contributed by atoms with Crippen molar-refractivity contribution in [2.45, 2.75) is 32.7 Å². The normalized spacial score (nSPS) is 18.4. The van der Waals surface area contributed by atoms with Gasteiger partial charge in [0.25, 0.3) is 0 Å². The number of carboxylic acids is 1. The minimum Gasteiger partial charge on any atom is -0.481 e. The molecule has 1 saturated heterocycles. The zero-order valence-corrected chi connectivity index (χ0v) is 10.2. The first-order valence-corrected chi connectivity index (χ1v) is 6.13. The summed E-state index contributed by atoms with van der Waals surface area (Å²) in [6, 6.07) is 3.99. The van der Waals surface area contributed by atoms with Crippen molar-refractivity contribution < 1.29 is 14.3 Å². The number of carboxylic acid groups (broad SMARTS) is 1. The summed E-state index contributed by atoms with van der Waals surface area (Å²) in [7, 11) is 0. The molecule has 17 heavy (non-hydrogen) atoms. The van der Waals surface area contributed by atoms with E-state index >= 15 is 0 Å². The first-order chi connectivity index (χ1) is 8.13. The Kier molecular flexibility index (Phi) is 3.84. The third-order valence-corrected chi connectivity index (χ3v) is 3.35. The van der Waals surface area contributed by atoms with Crippen LogP contribution in [0, 0.1) is 12.8 Å². The van der Waals surface area contributed by atoms with Gasteiger partial charge in [0.15, 0.2) is 0 Å². The van der Waals surface area contributed by atoms with Crippen LogP contribution >= 0.6 is 0 Å². The number of hydrogen-bond donors (Lipinski definition) is 1. The second-order valence-corrected chi connectivity index (χ2v) is 4.83. The van der Waals surface area contributed by atoms with Crippen LogP contribution in [0.1, 0.15) is 30.8 Å². The molecule has 0 bridgehead atoms. The lowest BCUT2D eigenvalue weighted by atomic mass is 9.93. The predicted octanol–water partition coefficient (Wildman–Crippen LogP) is 2.27. The fourth-order valence-corrected chi connectivity index (χ4v) is 2.39. The number of carbonyl (C=O) groups is 1. The van der Waals surface area contributed by atoms with Gasteiger partial charge in [0.2, 0.25) is 0 Å². The van der Waals surface area contributed by atoms with E-state index in [1.54, 1.807) is 0 Å². The van der Waals surface area contributed by atoms with Gasteiger partial charge in [-0.05, 0) is 50.9 Å². The number of nitrogens with zero attached hydrogens (tertiary/aromatic N) is 1. The van der Waals surface area contributed by atoms with Crippen molar-refractivity contribution in [2.24, 2.45) is 5.92 Å². The van der Waals surface area contributed by atoms with Gasteiger partial charge in [-0.1, -0.05) is 0 Å². The van der Waals surface area contributed by atoms with E-state index in [2.05, 4.69) is 4.90 Å². The summed E-state index contributed by atoms with van der Waals surface area (Å²) in [5.74, 6) is 1.62. The Balaban J connectivity index is 1.77. The molecule has 0 atom stereocenters. The maximum absolute atomic E-state index is 10.6. The second-order valence-electron chi connectivity index (χ2n) is 4.83. The monoisotopic (exact) mass is 237 g/mol. The van der Waals surface area contributed by atoms with Crippen molar-refractivity contribution in [2.75, 3.05) is 13.1 Å². The maximum atomic E-state index is 10.6. The average Bonchev–Trinajstić information content (AvgIpc) is 2.66. The molecule has 0 aliphatic carbocycles. The first-order valence-electron chi connectivity index (χ1n) is 6.13. The van der Waals surface area contributed by atoms with Crippen LogP contribution in [0.4, 0.5) is 0 Å². The molecule has 1 aliphatic heterocycles. The number of piperidine rings is 1. The fourth-order valence-electron chi connectivity index (χ4n) is 2.39. The summed E-state index contributed by atoms with van der Waals surface area (Å²) in [5, 5.41) is 8.74. The molecule has 0 saturated carbocycles. The van der Waals surface area contributed by atoms with Gasteiger partial charge in [0.05, 0.1) is 6.54 Å². The van der Waals surface area contributed by atoms with Gasteiger partial charge in [0.1, 0.15) is 11.5 Å². The van der Waals surface area contributed by atoms with E-state index in [4.69, 9.17) is 9.52 Å². The van der Waals surface area contributed by atoms with E-state index in [0.717, 1.165) is 44.0 Å². The molecule has 0 radical (unpaired) electrons. The largest absolute Gasteiger partial charge is 0.481 e. The maximum Gasteiger partial charge on any atom is 0.303 e. The first kappa shape index (κ1) is 12.2. The van der Waals surface area contributed by atoms with Crippen LogP contribution < -0.4 is 0 Å². The molecule has 2 heterocycles. The van der Waals surface area contributed by atoms with E-state index in [1.807, 2.05) is 19.1 Å². The van der Waals surface area contributed by atoms with E-state index in [-0.39, 0.29) is 0 Å². The lowest BCUT2D eigenvalue weighted by Gasteiger charge is -2.30.